The zero-order valence-electron chi connectivity index (χ0n) is 34.7. The first kappa shape index (κ1) is 51.1. The van der Waals surface area contributed by atoms with Crippen LogP contribution in [0.3, 0.4) is 0 Å². The minimum absolute atomic E-state index is 0.272. The highest BCUT2D eigenvalue weighted by Gasteiger charge is 2.24. The third-order valence-electron chi connectivity index (χ3n) is 10.7. The van der Waals surface area contributed by atoms with E-state index in [2.05, 4.69) is 19.2 Å². The van der Waals surface area contributed by atoms with Crippen LogP contribution in [0.25, 0.3) is 0 Å². The fourth-order valence-electron chi connectivity index (χ4n) is 7.28. The molecule has 2 atom stereocenters. The lowest BCUT2D eigenvalue weighted by Gasteiger charge is -2.21. The van der Waals surface area contributed by atoms with Crippen molar-refractivity contribution in [2.24, 2.45) is 0 Å². The first-order valence-electron chi connectivity index (χ1n) is 22.9. The van der Waals surface area contributed by atoms with Crippen LogP contribution in [0.1, 0.15) is 251 Å². The number of unbranched alkanes of at least 4 members (excludes halogenated alkanes) is 34. The molecule has 0 aliphatic rings. The quantitative estimate of drug-likeness (QED) is 0.0327. The predicted molar refractivity (Wildman–Crippen MR) is 226 cm³/mol. The maximum atomic E-state index is 12.5. The Labute approximate surface area is 324 Å². The number of hydrogen-bond donors (Lipinski definition) is 3. The number of nitrogens with one attached hydrogen (secondary N) is 1. The minimum atomic E-state index is -4.34. The molecule has 0 saturated carbocycles. The summed E-state index contributed by atoms with van der Waals surface area (Å²) < 4.78 is 32.6. The molecule has 6 nitrogen and oxygen atoms in total. The number of aliphatic hydroxyl groups excluding tert-OH is 1. The van der Waals surface area contributed by atoms with Crippen LogP contribution in [0, 0.1) is 0 Å². The zero-order chi connectivity index (χ0) is 38.2. The van der Waals surface area contributed by atoms with Crippen molar-refractivity contribution in [1.29, 1.82) is 0 Å². The van der Waals surface area contributed by atoms with Gasteiger partial charge < -0.3 is 10.4 Å². The van der Waals surface area contributed by atoms with Crippen molar-refractivity contribution in [2.75, 3.05) is 5.75 Å². The number of carbonyl (C=O) groups is 1. The van der Waals surface area contributed by atoms with Gasteiger partial charge >= 0.3 is 0 Å². The van der Waals surface area contributed by atoms with Crippen molar-refractivity contribution in [1.82, 2.24) is 5.32 Å². The van der Waals surface area contributed by atoms with Crippen molar-refractivity contribution in [2.45, 2.75) is 264 Å². The Bertz CT molecular complexity index is 877. The normalized spacial score (nSPS) is 13.2. The second-order valence-corrected chi connectivity index (χ2v) is 17.5. The van der Waals surface area contributed by atoms with E-state index in [0.29, 0.717) is 6.42 Å². The van der Waals surface area contributed by atoms with Gasteiger partial charge in [0.25, 0.3) is 10.1 Å². The number of aliphatic hydroxyl groups is 1. The Morgan fingerprint density at radius 2 is 0.788 bits per heavy atom. The van der Waals surface area contributed by atoms with E-state index in [1.165, 1.54) is 193 Å². The molecule has 1 amide bonds. The maximum absolute atomic E-state index is 12.5. The molecule has 0 aromatic rings. The topological polar surface area (TPSA) is 104 Å². The van der Waals surface area contributed by atoms with Crippen LogP contribution in [-0.4, -0.2) is 41.9 Å². The third kappa shape index (κ3) is 40.3. The number of allylic oxidation sites excluding steroid dienone is 1. The molecular weight excluding hydrogens is 667 g/mol. The zero-order valence-corrected chi connectivity index (χ0v) is 35.5. The number of amides is 1. The van der Waals surface area contributed by atoms with Crippen molar-refractivity contribution in [3.63, 3.8) is 0 Å². The summed E-state index contributed by atoms with van der Waals surface area (Å²) in [7, 11) is -4.34. The Kier molecular flexibility index (Phi) is 39.1. The van der Waals surface area contributed by atoms with E-state index in [9.17, 15) is 22.9 Å². The number of carbonyl (C=O) groups excluding carboxylic acids is 1. The molecule has 0 radical (unpaired) electrons. The summed E-state index contributed by atoms with van der Waals surface area (Å²) in [6.07, 6.45) is 49.2. The minimum Gasteiger partial charge on any atom is -0.387 e. The smallest absolute Gasteiger partial charge is 0.267 e. The largest absolute Gasteiger partial charge is 0.387 e. The molecule has 310 valence electrons. The van der Waals surface area contributed by atoms with Gasteiger partial charge in [0.1, 0.15) is 0 Å². The standard InChI is InChI=1S/C45H89NO5S/c1-3-5-7-9-11-13-15-17-19-21-22-23-25-27-29-31-33-35-37-39-41-45(48)46-43(42-52(49,50)51)44(47)40-38-36-34-32-30-28-26-24-20-18-16-14-12-10-8-6-4-2/h38,40,43-44,47H,3-37,39,41-42H2,1-2H3,(H,46,48)(H,49,50,51)/b40-38+. The molecule has 0 saturated heterocycles. The van der Waals surface area contributed by atoms with Gasteiger partial charge in [0.05, 0.1) is 17.9 Å². The lowest BCUT2D eigenvalue weighted by atomic mass is 10.0. The fourth-order valence-corrected chi connectivity index (χ4v) is 8.01. The summed E-state index contributed by atoms with van der Waals surface area (Å²) in [6, 6.07) is -1.05. The second-order valence-electron chi connectivity index (χ2n) is 16.0. The van der Waals surface area contributed by atoms with Gasteiger partial charge in [-0.05, 0) is 19.3 Å². The molecule has 3 N–H and O–H groups in total. The lowest BCUT2D eigenvalue weighted by molar-refractivity contribution is -0.122. The fraction of sp³-hybridized carbons (Fsp3) is 0.933. The van der Waals surface area contributed by atoms with Gasteiger partial charge in [-0.1, -0.05) is 238 Å². The average molecular weight is 756 g/mol. The van der Waals surface area contributed by atoms with Crippen LogP contribution < -0.4 is 5.32 Å². The first-order valence-corrected chi connectivity index (χ1v) is 24.5. The molecule has 0 bridgehead atoms. The van der Waals surface area contributed by atoms with E-state index in [1.54, 1.807) is 6.08 Å². The highest BCUT2D eigenvalue weighted by molar-refractivity contribution is 7.85. The van der Waals surface area contributed by atoms with E-state index in [0.717, 1.165) is 38.5 Å². The SMILES string of the molecule is CCCCCCCCCCCCCCCCC/C=C/C(O)C(CS(=O)(=O)O)NC(=O)CCCCCCCCCCCCCCCCCCCCCC. The first-order chi connectivity index (χ1) is 25.3. The van der Waals surface area contributed by atoms with Gasteiger partial charge in [-0.3, -0.25) is 9.35 Å². The van der Waals surface area contributed by atoms with Gasteiger partial charge in [-0.25, -0.2) is 0 Å². The predicted octanol–water partition coefficient (Wildman–Crippen LogP) is 13.7. The Balaban J connectivity index is 3.81. The molecule has 0 rings (SSSR count). The van der Waals surface area contributed by atoms with Gasteiger partial charge in [0, 0.05) is 6.42 Å². The van der Waals surface area contributed by atoms with Crippen molar-refractivity contribution in [3.8, 4) is 0 Å². The molecule has 0 aromatic heterocycles. The van der Waals surface area contributed by atoms with E-state index >= 15 is 0 Å². The van der Waals surface area contributed by atoms with E-state index in [-0.39, 0.29) is 5.91 Å². The van der Waals surface area contributed by atoms with Crippen molar-refractivity contribution in [3.05, 3.63) is 12.2 Å². The van der Waals surface area contributed by atoms with Crippen molar-refractivity contribution >= 4 is 16.0 Å². The molecule has 7 heteroatoms. The Morgan fingerprint density at radius 3 is 1.10 bits per heavy atom. The van der Waals surface area contributed by atoms with Gasteiger partial charge in [0.2, 0.25) is 5.91 Å². The van der Waals surface area contributed by atoms with Gasteiger partial charge in [-0.15, -0.1) is 0 Å². The van der Waals surface area contributed by atoms with Crippen LogP contribution >= 0.6 is 0 Å². The van der Waals surface area contributed by atoms with Crippen LogP contribution in [0.15, 0.2) is 12.2 Å². The molecule has 0 spiro atoms. The van der Waals surface area contributed by atoms with E-state index in [1.807, 2.05) is 6.08 Å². The molecule has 0 heterocycles. The highest BCUT2D eigenvalue weighted by atomic mass is 32.2. The molecule has 0 aliphatic heterocycles. The Morgan fingerprint density at radius 1 is 0.500 bits per heavy atom. The average Bonchev–Trinajstić information content (AvgIpc) is 3.11. The summed E-state index contributed by atoms with van der Waals surface area (Å²) in [5, 5.41) is 13.3. The van der Waals surface area contributed by atoms with Gasteiger partial charge in [-0.2, -0.15) is 8.42 Å². The maximum Gasteiger partial charge on any atom is 0.267 e. The molecule has 0 fully saturated rings. The lowest BCUT2D eigenvalue weighted by Crippen LogP contribution is -2.46. The van der Waals surface area contributed by atoms with Crippen LogP contribution in [0.4, 0.5) is 0 Å². The Hall–Kier alpha value is -0.920. The summed E-state index contributed by atoms with van der Waals surface area (Å²) in [6.45, 7) is 4.55. The highest BCUT2D eigenvalue weighted by Crippen LogP contribution is 2.16. The molecule has 2 unspecified atom stereocenters. The van der Waals surface area contributed by atoms with E-state index in [4.69, 9.17) is 0 Å². The van der Waals surface area contributed by atoms with Crippen LogP contribution in [0.2, 0.25) is 0 Å². The molecule has 52 heavy (non-hydrogen) atoms. The van der Waals surface area contributed by atoms with E-state index < -0.39 is 28.0 Å². The van der Waals surface area contributed by atoms with Crippen LogP contribution in [-0.2, 0) is 14.9 Å². The molecule has 0 aromatic carbocycles. The number of hydrogen-bond acceptors (Lipinski definition) is 4. The number of rotatable bonds is 42. The van der Waals surface area contributed by atoms with Crippen molar-refractivity contribution < 1.29 is 22.9 Å². The van der Waals surface area contributed by atoms with Crippen LogP contribution in [0.5, 0.6) is 0 Å². The summed E-state index contributed by atoms with van der Waals surface area (Å²) in [4.78, 5) is 12.5. The monoisotopic (exact) mass is 756 g/mol. The molecular formula is C45H89NO5S. The molecule has 0 aliphatic carbocycles. The second kappa shape index (κ2) is 39.8. The summed E-state index contributed by atoms with van der Waals surface area (Å²) in [5.74, 6) is -0.964. The summed E-state index contributed by atoms with van der Waals surface area (Å²) >= 11 is 0. The summed E-state index contributed by atoms with van der Waals surface area (Å²) in [5.41, 5.74) is 0. The third-order valence-corrected chi connectivity index (χ3v) is 11.5. The van der Waals surface area contributed by atoms with Gasteiger partial charge in [0.15, 0.2) is 0 Å².